The van der Waals surface area contributed by atoms with Crippen LogP contribution in [0.1, 0.15) is 19.3 Å². The second-order valence-electron chi connectivity index (χ2n) is 4.57. The lowest BCUT2D eigenvalue weighted by molar-refractivity contribution is -0.386. The summed E-state index contributed by atoms with van der Waals surface area (Å²) in [6.45, 7) is 1.30. The molecule has 1 aliphatic heterocycles. The summed E-state index contributed by atoms with van der Waals surface area (Å²) in [5.74, 6) is -1.99. The fourth-order valence-corrected chi connectivity index (χ4v) is 2.22. The predicted molar refractivity (Wildman–Crippen MR) is 67.1 cm³/mol. The van der Waals surface area contributed by atoms with Crippen molar-refractivity contribution in [2.75, 3.05) is 18.4 Å². The van der Waals surface area contributed by atoms with Gasteiger partial charge in [-0.2, -0.15) is 4.39 Å². The Morgan fingerprint density at radius 2 is 2.21 bits per heavy atom. The minimum Gasteiger partial charge on any atom is -0.378 e. The van der Waals surface area contributed by atoms with Crippen molar-refractivity contribution in [3.05, 3.63) is 33.9 Å². The first kappa shape index (κ1) is 13.7. The number of halogens is 2. The number of hydrogen-bond donors (Lipinski definition) is 2. The Hall–Kier alpha value is -1.76. The monoisotopic (exact) mass is 271 g/mol. The van der Waals surface area contributed by atoms with E-state index in [1.54, 1.807) is 0 Å². The van der Waals surface area contributed by atoms with Crippen LogP contribution >= 0.6 is 0 Å². The Bertz CT molecular complexity index is 476. The number of nitrogens with one attached hydrogen (secondary N) is 2. The van der Waals surface area contributed by atoms with Crippen LogP contribution in [0.5, 0.6) is 0 Å². The van der Waals surface area contributed by atoms with Gasteiger partial charge in [0.15, 0.2) is 0 Å². The van der Waals surface area contributed by atoms with Crippen LogP contribution in [0.2, 0.25) is 0 Å². The van der Waals surface area contributed by atoms with Crippen LogP contribution in [0.25, 0.3) is 0 Å². The molecule has 1 heterocycles. The molecule has 19 heavy (non-hydrogen) atoms. The SMILES string of the molecule is O=[N+]([O-])c1c(F)cc(F)cc1NCC1CCCCN1. The van der Waals surface area contributed by atoms with E-state index in [9.17, 15) is 18.9 Å². The summed E-state index contributed by atoms with van der Waals surface area (Å²) >= 11 is 0. The molecule has 0 aromatic heterocycles. The molecule has 1 unspecified atom stereocenters. The van der Waals surface area contributed by atoms with Gasteiger partial charge < -0.3 is 10.6 Å². The number of nitro groups is 1. The molecule has 104 valence electrons. The van der Waals surface area contributed by atoms with Crippen molar-refractivity contribution in [3.63, 3.8) is 0 Å². The molecule has 1 aromatic carbocycles. The van der Waals surface area contributed by atoms with Gasteiger partial charge in [0.05, 0.1) is 4.92 Å². The Labute approximate surface area is 109 Å². The van der Waals surface area contributed by atoms with Crippen LogP contribution in [0.4, 0.5) is 20.2 Å². The first-order valence-corrected chi connectivity index (χ1v) is 6.18. The van der Waals surface area contributed by atoms with Gasteiger partial charge in [0.2, 0.25) is 5.82 Å². The van der Waals surface area contributed by atoms with E-state index in [2.05, 4.69) is 10.6 Å². The van der Waals surface area contributed by atoms with E-state index in [1.165, 1.54) is 0 Å². The Morgan fingerprint density at radius 3 is 2.84 bits per heavy atom. The average molecular weight is 271 g/mol. The maximum atomic E-state index is 13.4. The van der Waals surface area contributed by atoms with Crippen molar-refractivity contribution in [2.24, 2.45) is 0 Å². The average Bonchev–Trinajstić information content (AvgIpc) is 2.36. The van der Waals surface area contributed by atoms with Crippen LogP contribution < -0.4 is 10.6 Å². The summed E-state index contributed by atoms with van der Waals surface area (Å²) in [4.78, 5) is 9.95. The zero-order chi connectivity index (χ0) is 13.8. The highest BCUT2D eigenvalue weighted by atomic mass is 19.1. The molecular weight excluding hydrogens is 256 g/mol. The Morgan fingerprint density at radius 1 is 1.42 bits per heavy atom. The van der Waals surface area contributed by atoms with Crippen LogP contribution in [0, 0.1) is 21.7 Å². The smallest absolute Gasteiger partial charge is 0.327 e. The molecule has 0 saturated carbocycles. The van der Waals surface area contributed by atoms with Gasteiger partial charge in [-0.3, -0.25) is 10.1 Å². The normalized spacial score (nSPS) is 19.2. The third kappa shape index (κ3) is 3.37. The topological polar surface area (TPSA) is 67.2 Å². The van der Waals surface area contributed by atoms with Gasteiger partial charge >= 0.3 is 5.69 Å². The zero-order valence-electron chi connectivity index (χ0n) is 10.3. The fraction of sp³-hybridized carbons (Fsp3) is 0.500. The van der Waals surface area contributed by atoms with E-state index in [0.29, 0.717) is 12.6 Å². The number of rotatable bonds is 4. The standard InChI is InChI=1S/C12H15F2N3O2/c13-8-5-10(14)12(17(18)19)11(6-8)16-7-9-3-1-2-4-15-9/h5-6,9,15-16H,1-4,7H2. The number of anilines is 1. The van der Waals surface area contributed by atoms with Gasteiger partial charge in [-0.05, 0) is 19.4 Å². The van der Waals surface area contributed by atoms with Gasteiger partial charge in [0, 0.05) is 24.7 Å². The molecule has 1 atom stereocenters. The molecule has 1 fully saturated rings. The van der Waals surface area contributed by atoms with Crippen molar-refractivity contribution >= 4 is 11.4 Å². The second kappa shape index (κ2) is 5.92. The van der Waals surface area contributed by atoms with Gasteiger partial charge in [0.25, 0.3) is 0 Å². The summed E-state index contributed by atoms with van der Waals surface area (Å²) in [5.41, 5.74) is -0.827. The van der Waals surface area contributed by atoms with Crippen molar-refractivity contribution in [2.45, 2.75) is 25.3 Å². The molecule has 0 bridgehead atoms. The largest absolute Gasteiger partial charge is 0.378 e. The molecule has 2 N–H and O–H groups in total. The third-order valence-corrected chi connectivity index (χ3v) is 3.16. The van der Waals surface area contributed by atoms with Gasteiger partial charge in [-0.1, -0.05) is 6.42 Å². The van der Waals surface area contributed by atoms with E-state index in [-0.39, 0.29) is 11.7 Å². The molecule has 0 amide bonds. The van der Waals surface area contributed by atoms with Crippen molar-refractivity contribution in [1.82, 2.24) is 5.32 Å². The predicted octanol–water partition coefficient (Wildman–Crippen LogP) is 2.43. The molecule has 1 aliphatic rings. The van der Waals surface area contributed by atoms with Crippen LogP contribution in [-0.4, -0.2) is 24.1 Å². The summed E-state index contributed by atoms with van der Waals surface area (Å²) in [5, 5.41) is 16.8. The summed E-state index contributed by atoms with van der Waals surface area (Å²) in [6, 6.07) is 1.63. The van der Waals surface area contributed by atoms with Crippen LogP contribution in [0.15, 0.2) is 12.1 Å². The molecule has 0 spiro atoms. The number of nitro benzene ring substituents is 1. The lowest BCUT2D eigenvalue weighted by Crippen LogP contribution is -2.39. The van der Waals surface area contributed by atoms with Crippen molar-refractivity contribution in [1.29, 1.82) is 0 Å². The molecule has 5 nitrogen and oxygen atoms in total. The minimum atomic E-state index is -1.16. The quantitative estimate of drug-likeness (QED) is 0.652. The first-order chi connectivity index (χ1) is 9.08. The van der Waals surface area contributed by atoms with Crippen LogP contribution in [-0.2, 0) is 0 Å². The van der Waals surface area contributed by atoms with E-state index < -0.39 is 22.2 Å². The van der Waals surface area contributed by atoms with Gasteiger partial charge in [0.1, 0.15) is 11.5 Å². The summed E-state index contributed by atoms with van der Waals surface area (Å²) in [6.07, 6.45) is 3.13. The molecule has 7 heteroatoms. The first-order valence-electron chi connectivity index (χ1n) is 6.18. The molecule has 0 aliphatic carbocycles. The van der Waals surface area contributed by atoms with E-state index in [0.717, 1.165) is 31.9 Å². The highest BCUT2D eigenvalue weighted by Crippen LogP contribution is 2.28. The van der Waals surface area contributed by atoms with Crippen LogP contribution in [0.3, 0.4) is 0 Å². The molecule has 1 saturated heterocycles. The maximum Gasteiger partial charge on any atom is 0.327 e. The maximum absolute atomic E-state index is 13.4. The lowest BCUT2D eigenvalue weighted by atomic mass is 10.1. The van der Waals surface area contributed by atoms with Gasteiger partial charge in [-0.25, -0.2) is 4.39 Å². The highest BCUT2D eigenvalue weighted by molar-refractivity contribution is 5.62. The van der Waals surface area contributed by atoms with E-state index >= 15 is 0 Å². The number of benzene rings is 1. The molecule has 1 aromatic rings. The molecule has 2 rings (SSSR count). The Kier molecular flexibility index (Phi) is 4.26. The molecular formula is C12H15F2N3O2. The fourth-order valence-electron chi connectivity index (χ4n) is 2.22. The Balaban J connectivity index is 2.12. The summed E-state index contributed by atoms with van der Waals surface area (Å²) < 4.78 is 26.5. The van der Waals surface area contributed by atoms with Crippen molar-refractivity contribution < 1.29 is 13.7 Å². The zero-order valence-corrected chi connectivity index (χ0v) is 10.3. The number of hydrogen-bond acceptors (Lipinski definition) is 4. The highest BCUT2D eigenvalue weighted by Gasteiger charge is 2.22. The second-order valence-corrected chi connectivity index (χ2v) is 4.57. The summed E-state index contributed by atoms with van der Waals surface area (Å²) in [7, 11) is 0. The lowest BCUT2D eigenvalue weighted by Gasteiger charge is -2.24. The van der Waals surface area contributed by atoms with E-state index in [4.69, 9.17) is 0 Å². The van der Waals surface area contributed by atoms with E-state index in [1.807, 2.05) is 0 Å². The van der Waals surface area contributed by atoms with Crippen molar-refractivity contribution in [3.8, 4) is 0 Å². The molecule has 0 radical (unpaired) electrons. The number of nitrogens with zero attached hydrogens (tertiary/aromatic N) is 1. The third-order valence-electron chi connectivity index (χ3n) is 3.16. The number of piperidine rings is 1. The minimum absolute atomic E-state index is 0.116. The van der Waals surface area contributed by atoms with Gasteiger partial charge in [-0.15, -0.1) is 0 Å².